The van der Waals surface area contributed by atoms with Crippen LogP contribution in [-0.4, -0.2) is 146 Å². The van der Waals surface area contributed by atoms with Crippen LogP contribution in [0.25, 0.3) is 11.2 Å². The van der Waals surface area contributed by atoms with Crippen LogP contribution in [0.3, 0.4) is 0 Å². The highest BCUT2D eigenvalue weighted by Crippen LogP contribution is 2.68. The van der Waals surface area contributed by atoms with Gasteiger partial charge in [-0.3, -0.25) is 27.5 Å². The van der Waals surface area contributed by atoms with Gasteiger partial charge in [0.15, 0.2) is 23.4 Å². The largest absolute Gasteiger partial charge is 0.490 e. The number of rotatable bonds is 34. The Kier molecular flexibility index (Phi) is 23.3. The summed E-state index contributed by atoms with van der Waals surface area (Å²) in [4.78, 5) is 57.4. The van der Waals surface area contributed by atoms with Crippen LogP contribution in [0, 0.1) is 0 Å². The number of hydrogen-bond donors (Lipinski definition) is 9. The van der Waals surface area contributed by atoms with E-state index in [0.29, 0.717) is 76.7 Å². The second-order valence-electron chi connectivity index (χ2n) is 22.2. The van der Waals surface area contributed by atoms with Gasteiger partial charge in [0.25, 0.3) is 20.2 Å². The summed E-state index contributed by atoms with van der Waals surface area (Å²) >= 11 is 0. The third-order valence-corrected chi connectivity index (χ3v) is 21.3. The smallest absolute Gasteiger partial charge is 0.387 e. The van der Waals surface area contributed by atoms with Gasteiger partial charge in [0.1, 0.15) is 36.7 Å². The lowest BCUT2D eigenvalue weighted by Gasteiger charge is -2.25. The number of phosphoric ester groups is 2. The molecule has 1 fully saturated rings. The minimum absolute atomic E-state index is 0.0716. The van der Waals surface area contributed by atoms with Gasteiger partial charge in [-0.25, -0.2) is 28.6 Å². The van der Waals surface area contributed by atoms with Gasteiger partial charge in [0.05, 0.1) is 34.7 Å². The molecule has 34 heteroatoms. The number of fused-ring (bicyclic) bond motifs is 3. The monoisotopic (exact) mass is 1320 g/mol. The van der Waals surface area contributed by atoms with E-state index in [1.54, 1.807) is 12.1 Å². The number of carbonyl (C=O) groups is 1. The molecule has 0 radical (unpaired) electrons. The summed E-state index contributed by atoms with van der Waals surface area (Å²) < 4.78 is 140. The first-order valence-electron chi connectivity index (χ1n) is 28.4. The van der Waals surface area contributed by atoms with E-state index in [9.17, 15) is 64.2 Å². The highest BCUT2D eigenvalue weighted by molar-refractivity contribution is 7.86. The molecule has 11 N–H and O–H groups in total. The molecular weight excluding hydrogens is 1240 g/mol. The molecule has 3 unspecified atom stereocenters. The summed E-state index contributed by atoms with van der Waals surface area (Å²) in [5.41, 5.74) is 15.4. The van der Waals surface area contributed by atoms with Crippen LogP contribution in [0.5, 0.6) is 0 Å². The lowest BCUT2D eigenvalue weighted by molar-refractivity contribution is -0.438. The summed E-state index contributed by atoms with van der Waals surface area (Å²) in [6, 6.07) is 9.05. The van der Waals surface area contributed by atoms with Crippen molar-refractivity contribution in [1.82, 2.24) is 24.8 Å². The van der Waals surface area contributed by atoms with Crippen molar-refractivity contribution in [2.24, 2.45) is 5.73 Å². The lowest BCUT2D eigenvalue weighted by atomic mass is 9.81. The summed E-state index contributed by atoms with van der Waals surface area (Å²) in [6.07, 6.45) is 10.2. The molecule has 482 valence electrons. The molecule has 1 amide bonds. The number of anilines is 2. The number of aliphatic hydroxyl groups is 1. The fourth-order valence-electron chi connectivity index (χ4n) is 10.9. The van der Waals surface area contributed by atoms with Crippen LogP contribution in [0.4, 0.5) is 17.2 Å². The number of allylic oxidation sites excluding steroid dienone is 4. The highest BCUT2D eigenvalue weighted by Gasteiger charge is 2.49. The maximum atomic E-state index is 12.8. The predicted octanol–water partition coefficient (Wildman–Crippen LogP) is 7.00. The zero-order chi connectivity index (χ0) is 63.8. The maximum absolute atomic E-state index is 12.8. The summed E-state index contributed by atoms with van der Waals surface area (Å²) in [7, 11) is -25.7. The van der Waals surface area contributed by atoms with Crippen molar-refractivity contribution in [2.45, 2.75) is 157 Å². The molecule has 7 rings (SSSR count). The van der Waals surface area contributed by atoms with E-state index in [2.05, 4.69) is 38.4 Å². The number of ether oxygens (including phenoxy) is 2. The fourth-order valence-corrected chi connectivity index (χ4v) is 15.4. The number of benzene rings is 2. The molecule has 3 aliphatic rings. The number of carbonyl (C=O) groups excluding carboxylic acids is 1. The Bertz CT molecular complexity index is 3600. The SMILES string of the molecule is CCN1/C(=C/C=C/C2=[N+](CCCCCC(=O)NCCCCCCOP(=O)(O)OP(=O)(O)OP(=O)(O)OC[C@H]3O[C@@H](n4cnc5c(N)ncnc54)[C@H](OCCCCCCN)[C@@H]3O)c3ccc(S(=O)(=O)O)cc3C2(C)C)C(C)(C)c2cc(S(=O)(=O)O)ccc21. The van der Waals surface area contributed by atoms with E-state index in [0.717, 1.165) is 47.6 Å². The molecule has 87 heavy (non-hydrogen) atoms. The van der Waals surface area contributed by atoms with Crippen molar-refractivity contribution in [3.8, 4) is 0 Å². The number of aromatic nitrogens is 4. The minimum Gasteiger partial charge on any atom is -0.387 e. The molecule has 29 nitrogen and oxygen atoms in total. The maximum Gasteiger partial charge on any atom is 0.490 e. The number of unbranched alkanes of at least 4 members (excludes halogenated alkanes) is 8. The third-order valence-electron chi connectivity index (χ3n) is 15.3. The van der Waals surface area contributed by atoms with Gasteiger partial charge in [-0.1, -0.05) is 45.6 Å². The van der Waals surface area contributed by atoms with Crippen LogP contribution >= 0.6 is 23.5 Å². The molecule has 0 aliphatic carbocycles. The molecule has 5 heterocycles. The van der Waals surface area contributed by atoms with Gasteiger partial charge >= 0.3 is 23.5 Å². The first-order chi connectivity index (χ1) is 40.8. The van der Waals surface area contributed by atoms with E-state index in [1.165, 1.54) is 41.5 Å². The van der Waals surface area contributed by atoms with Crippen molar-refractivity contribution < 1.29 is 95.9 Å². The number of likely N-dealkylation sites (N-methyl/N-ethyl adjacent to an activating group) is 1. The second kappa shape index (κ2) is 29.1. The average molecular weight is 1320 g/mol. The lowest BCUT2D eigenvalue weighted by Crippen LogP contribution is -2.36. The van der Waals surface area contributed by atoms with Crippen LogP contribution in [0.15, 0.2) is 82.8 Å². The Morgan fingerprint density at radius 2 is 1.44 bits per heavy atom. The van der Waals surface area contributed by atoms with Gasteiger partial charge in [-0.05, 0) is 108 Å². The van der Waals surface area contributed by atoms with Crippen molar-refractivity contribution in [2.75, 3.05) is 56.6 Å². The van der Waals surface area contributed by atoms with E-state index < -0.39 is 92.3 Å². The molecule has 3 aliphatic heterocycles. The second-order valence-corrected chi connectivity index (χ2v) is 29.7. The fraction of sp³-hybridized carbons (Fsp3) is 0.566. The zero-order valence-corrected chi connectivity index (χ0v) is 53.3. The number of nitrogens with one attached hydrogen (secondary N) is 1. The van der Waals surface area contributed by atoms with Gasteiger partial charge in [0.2, 0.25) is 11.6 Å². The van der Waals surface area contributed by atoms with Gasteiger partial charge in [0, 0.05) is 67.0 Å². The third kappa shape index (κ3) is 17.6. The molecule has 4 aromatic rings. The summed E-state index contributed by atoms with van der Waals surface area (Å²) in [5, 5.41) is 14.1. The average Bonchev–Trinajstić information content (AvgIpc) is 1.62. The minimum atomic E-state index is -5.82. The topological polar surface area (TPSA) is 427 Å². The van der Waals surface area contributed by atoms with Gasteiger partial charge in [-0.2, -0.15) is 30.0 Å². The zero-order valence-electron chi connectivity index (χ0n) is 49.0. The van der Waals surface area contributed by atoms with Crippen molar-refractivity contribution in [3.05, 3.63) is 84.1 Å². The number of hydrogen-bond acceptors (Lipinski definition) is 21. The van der Waals surface area contributed by atoms with E-state index in [-0.39, 0.29) is 52.1 Å². The standard InChI is InChI=1S/C53H78N9O20P3S2/c1-6-60-40-24-22-36(86(71,72)73)31-38(40)52(2,3)43(60)19-18-20-44-53(4,5)39-32-37(87(74,75)76)23-25-41(39)61(44)28-15-11-12-21-45(63)56-27-14-8-10-17-30-78-83(65,66)81-85(69,70)82-84(67,68)79-33-42-47(64)48(77-29-16-9-7-13-26-54)51(80-42)62-35-59-46-49(55)57-34-58-50(46)62/h18-20,22-25,31-32,34-35,42,47-48,51,64H,6-17,21,26-30,33,54H2,1-5H3,(H7-,55,56,57,58,63,65,66,67,68,69,70,71,72,73,74,75,76)/p+1/t42-,47-,48-,51-/m1/s1. The van der Waals surface area contributed by atoms with Crippen LogP contribution < -0.4 is 21.7 Å². The molecular formula is C53H79N9O20P3S2+. The summed E-state index contributed by atoms with van der Waals surface area (Å²) in [6.45, 7) is 10.7. The number of aliphatic hydroxyl groups excluding tert-OH is 1. The Balaban J connectivity index is 0.825. The quantitative estimate of drug-likeness (QED) is 0.00983. The van der Waals surface area contributed by atoms with E-state index in [4.69, 9.17) is 30.0 Å². The van der Waals surface area contributed by atoms with Crippen LogP contribution in [-0.2, 0) is 76.7 Å². The number of phosphoric acid groups is 3. The Morgan fingerprint density at radius 1 is 0.805 bits per heavy atom. The van der Waals surface area contributed by atoms with E-state index in [1.807, 2.05) is 52.8 Å². The van der Waals surface area contributed by atoms with Crippen LogP contribution in [0.1, 0.15) is 129 Å². The molecule has 2 aromatic heterocycles. The van der Waals surface area contributed by atoms with Crippen molar-refractivity contribution in [1.29, 1.82) is 0 Å². The first kappa shape index (κ1) is 69.7. The molecule has 0 saturated carbocycles. The Hall–Kier alpha value is -4.72. The predicted molar refractivity (Wildman–Crippen MR) is 319 cm³/mol. The van der Waals surface area contributed by atoms with E-state index >= 15 is 0 Å². The molecule has 7 atom stereocenters. The number of nitrogens with two attached hydrogens (primary N) is 2. The molecule has 2 aromatic carbocycles. The molecule has 0 spiro atoms. The number of amides is 1. The van der Waals surface area contributed by atoms with Crippen molar-refractivity contribution >= 4 is 83.7 Å². The normalized spacial score (nSPS) is 21.8. The Morgan fingerprint density at radius 3 is 2.11 bits per heavy atom. The van der Waals surface area contributed by atoms with Crippen molar-refractivity contribution in [3.63, 3.8) is 0 Å². The van der Waals surface area contributed by atoms with Gasteiger partial charge in [-0.15, -0.1) is 0 Å². The highest BCUT2D eigenvalue weighted by atomic mass is 32.2. The molecule has 1 saturated heterocycles. The van der Waals surface area contributed by atoms with Gasteiger partial charge < -0.3 is 50.9 Å². The number of nitrogen functional groups attached to an aromatic ring is 1. The number of imidazole rings is 1. The first-order valence-corrected chi connectivity index (χ1v) is 35.8. The van der Waals surface area contributed by atoms with Crippen LogP contribution in [0.2, 0.25) is 0 Å². The summed E-state index contributed by atoms with van der Waals surface area (Å²) in [5.74, 6) is -0.0905. The number of nitrogens with zero attached hydrogens (tertiary/aromatic N) is 6. The molecule has 0 bridgehead atoms. The Labute approximate surface area is 505 Å².